The van der Waals surface area contributed by atoms with Gasteiger partial charge < -0.3 is 10.2 Å². The molecule has 1 aromatic heterocycles. The molecule has 28 heavy (non-hydrogen) atoms. The van der Waals surface area contributed by atoms with Crippen molar-refractivity contribution >= 4 is 29.2 Å². The Hall–Kier alpha value is -2.61. The summed E-state index contributed by atoms with van der Waals surface area (Å²) in [7, 11) is 1.55. The Morgan fingerprint density at radius 1 is 1.21 bits per heavy atom. The molecule has 3 rings (SSSR count). The van der Waals surface area contributed by atoms with E-state index >= 15 is 0 Å². The fourth-order valence-corrected chi connectivity index (χ4v) is 3.33. The molecule has 148 valence electrons. The summed E-state index contributed by atoms with van der Waals surface area (Å²) in [5.74, 6) is -2.32. The summed E-state index contributed by atoms with van der Waals surface area (Å²) < 4.78 is 38.4. The van der Waals surface area contributed by atoms with E-state index in [1.165, 1.54) is 23.1 Å². The number of hydrogen-bond donors (Lipinski definition) is 1. The van der Waals surface area contributed by atoms with Crippen molar-refractivity contribution in [3.8, 4) is 0 Å². The van der Waals surface area contributed by atoms with E-state index in [1.54, 1.807) is 20.0 Å². The number of hydrogen-bond acceptors (Lipinski definition) is 3. The van der Waals surface area contributed by atoms with E-state index in [2.05, 4.69) is 10.3 Å². The molecule has 1 aromatic carbocycles. The number of likely N-dealkylation sites (tertiary alicyclic amines) is 1. The number of aromatic nitrogens is 1. The Bertz CT molecular complexity index is 916. The lowest BCUT2D eigenvalue weighted by molar-refractivity contribution is -0.138. The Morgan fingerprint density at radius 3 is 2.43 bits per heavy atom. The van der Waals surface area contributed by atoms with Crippen LogP contribution in [0.2, 0.25) is 5.02 Å². The zero-order valence-corrected chi connectivity index (χ0v) is 15.8. The summed E-state index contributed by atoms with van der Waals surface area (Å²) in [6, 6.07) is 7.63. The average Bonchev–Trinajstić information content (AvgIpc) is 2.93. The monoisotopic (exact) mass is 411 g/mol. The van der Waals surface area contributed by atoms with E-state index in [-0.39, 0.29) is 12.4 Å². The van der Waals surface area contributed by atoms with Crippen molar-refractivity contribution in [2.24, 2.45) is 5.92 Å². The second kappa shape index (κ2) is 7.43. The van der Waals surface area contributed by atoms with Crippen LogP contribution in [-0.2, 0) is 15.8 Å². The molecule has 1 aliphatic rings. The van der Waals surface area contributed by atoms with Gasteiger partial charge in [0.15, 0.2) is 0 Å². The van der Waals surface area contributed by atoms with Crippen molar-refractivity contribution in [3.63, 3.8) is 0 Å². The molecule has 1 aliphatic heterocycles. The molecule has 1 saturated heterocycles. The number of nitrogens with one attached hydrogen (secondary N) is 1. The molecule has 0 saturated carbocycles. The van der Waals surface area contributed by atoms with Crippen molar-refractivity contribution in [2.75, 3.05) is 18.9 Å². The smallest absolute Gasteiger partial charge is 0.344 e. The fraction of sp³-hybridized carbons (Fsp3) is 0.316. The highest BCUT2D eigenvalue weighted by Crippen LogP contribution is 2.36. The Kier molecular flexibility index (Phi) is 5.34. The van der Waals surface area contributed by atoms with Gasteiger partial charge in [0.05, 0.1) is 16.3 Å². The van der Waals surface area contributed by atoms with Gasteiger partial charge in [-0.2, -0.15) is 13.2 Å². The minimum atomic E-state index is -4.45. The lowest BCUT2D eigenvalue weighted by Crippen LogP contribution is -2.33. The number of alkyl halides is 3. The van der Waals surface area contributed by atoms with Gasteiger partial charge in [0, 0.05) is 19.5 Å². The van der Waals surface area contributed by atoms with E-state index in [0.29, 0.717) is 16.3 Å². The molecule has 2 aromatic rings. The minimum absolute atomic E-state index is 0.232. The van der Waals surface area contributed by atoms with Crippen LogP contribution in [0.25, 0.3) is 0 Å². The maximum atomic E-state index is 12.8. The predicted octanol–water partition coefficient (Wildman–Crippen LogP) is 3.87. The van der Waals surface area contributed by atoms with E-state index < -0.39 is 35.4 Å². The van der Waals surface area contributed by atoms with Crippen LogP contribution in [0.1, 0.15) is 22.7 Å². The average molecular weight is 412 g/mol. The van der Waals surface area contributed by atoms with Crippen LogP contribution in [0.5, 0.6) is 0 Å². The number of anilines is 1. The second-order valence-electron chi connectivity index (χ2n) is 6.68. The number of halogens is 4. The molecule has 5 nitrogen and oxygen atoms in total. The first-order chi connectivity index (χ1) is 13.1. The zero-order chi connectivity index (χ0) is 20.6. The lowest BCUT2D eigenvalue weighted by atomic mass is 9.87. The normalized spacial score (nSPS) is 19.8. The van der Waals surface area contributed by atoms with E-state index in [0.717, 1.165) is 12.1 Å². The Morgan fingerprint density at radius 2 is 1.86 bits per heavy atom. The topological polar surface area (TPSA) is 62.3 Å². The molecule has 0 spiro atoms. The fourth-order valence-electron chi connectivity index (χ4n) is 3.23. The second-order valence-corrected chi connectivity index (χ2v) is 7.08. The summed E-state index contributed by atoms with van der Waals surface area (Å²) in [4.78, 5) is 30.8. The number of amides is 2. The SMILES string of the molecule is Cc1nc(NC(=O)[C@@H]2C(=O)N(C)C[C@H]2c2ccc(C(F)(F)F)cc2)ccc1Cl. The van der Waals surface area contributed by atoms with Gasteiger partial charge in [0.2, 0.25) is 11.8 Å². The third-order valence-electron chi connectivity index (χ3n) is 4.74. The lowest BCUT2D eigenvalue weighted by Gasteiger charge is -2.17. The summed E-state index contributed by atoms with van der Waals surface area (Å²) >= 11 is 5.92. The number of carbonyl (C=O) groups is 2. The van der Waals surface area contributed by atoms with Crippen LogP contribution in [0.4, 0.5) is 19.0 Å². The molecule has 0 radical (unpaired) electrons. The van der Waals surface area contributed by atoms with Crippen LogP contribution >= 0.6 is 11.6 Å². The summed E-state index contributed by atoms with van der Waals surface area (Å²) in [5, 5.41) is 3.04. The largest absolute Gasteiger partial charge is 0.416 e. The van der Waals surface area contributed by atoms with Crippen molar-refractivity contribution < 1.29 is 22.8 Å². The zero-order valence-electron chi connectivity index (χ0n) is 15.0. The van der Waals surface area contributed by atoms with Gasteiger partial charge in [-0.15, -0.1) is 0 Å². The van der Waals surface area contributed by atoms with Crippen LogP contribution in [0.3, 0.4) is 0 Å². The number of likely N-dealkylation sites (N-methyl/N-ethyl adjacent to an activating group) is 1. The quantitative estimate of drug-likeness (QED) is 0.780. The number of nitrogens with zero attached hydrogens (tertiary/aromatic N) is 2. The number of benzene rings is 1. The number of rotatable bonds is 3. The van der Waals surface area contributed by atoms with Crippen LogP contribution in [0.15, 0.2) is 36.4 Å². The molecule has 0 aliphatic carbocycles. The molecular weight excluding hydrogens is 395 g/mol. The van der Waals surface area contributed by atoms with E-state index in [4.69, 9.17) is 11.6 Å². The van der Waals surface area contributed by atoms with Crippen LogP contribution in [0, 0.1) is 12.8 Å². The van der Waals surface area contributed by atoms with Crippen molar-refractivity contribution in [1.82, 2.24) is 9.88 Å². The van der Waals surface area contributed by atoms with Gasteiger partial charge in [-0.3, -0.25) is 9.59 Å². The number of carbonyl (C=O) groups excluding carboxylic acids is 2. The van der Waals surface area contributed by atoms with E-state index in [1.807, 2.05) is 0 Å². The number of pyridine rings is 1. The van der Waals surface area contributed by atoms with Crippen LogP contribution in [-0.4, -0.2) is 35.3 Å². The Balaban J connectivity index is 1.85. The van der Waals surface area contributed by atoms with Gasteiger partial charge in [-0.25, -0.2) is 4.98 Å². The summed E-state index contributed by atoms with van der Waals surface area (Å²) in [6.07, 6.45) is -4.45. The standard InChI is InChI=1S/C19H17ClF3N3O2/c1-10-14(20)7-8-15(24-10)25-17(27)16-13(9-26(2)18(16)28)11-3-5-12(6-4-11)19(21,22)23/h3-8,13,16H,9H2,1-2H3,(H,24,25,27)/t13-,16+/m0/s1. The highest BCUT2D eigenvalue weighted by molar-refractivity contribution is 6.31. The molecule has 0 unspecified atom stereocenters. The first-order valence-electron chi connectivity index (χ1n) is 8.44. The Labute approximate surface area is 164 Å². The van der Waals surface area contributed by atoms with Gasteiger partial charge in [0.25, 0.3) is 0 Å². The maximum absolute atomic E-state index is 12.8. The van der Waals surface area contributed by atoms with Crippen LogP contribution < -0.4 is 5.32 Å². The molecule has 9 heteroatoms. The first kappa shape index (κ1) is 20.1. The van der Waals surface area contributed by atoms with Crippen molar-refractivity contribution in [1.29, 1.82) is 0 Å². The molecule has 1 fully saturated rings. The third kappa shape index (κ3) is 3.96. The van der Waals surface area contributed by atoms with Gasteiger partial charge in [-0.05, 0) is 36.8 Å². The molecule has 2 heterocycles. The van der Waals surface area contributed by atoms with Gasteiger partial charge in [-0.1, -0.05) is 23.7 Å². The van der Waals surface area contributed by atoms with Crippen molar-refractivity contribution in [2.45, 2.75) is 19.0 Å². The van der Waals surface area contributed by atoms with Crippen molar-refractivity contribution in [3.05, 3.63) is 58.2 Å². The van der Waals surface area contributed by atoms with E-state index in [9.17, 15) is 22.8 Å². The summed E-state index contributed by atoms with van der Waals surface area (Å²) in [5.41, 5.74) is 0.232. The third-order valence-corrected chi connectivity index (χ3v) is 5.14. The molecule has 2 atom stereocenters. The minimum Gasteiger partial charge on any atom is -0.344 e. The van der Waals surface area contributed by atoms with Gasteiger partial charge in [0.1, 0.15) is 11.7 Å². The maximum Gasteiger partial charge on any atom is 0.416 e. The molecule has 2 amide bonds. The van der Waals surface area contributed by atoms with Gasteiger partial charge >= 0.3 is 6.18 Å². The molecule has 0 bridgehead atoms. The highest BCUT2D eigenvalue weighted by Gasteiger charge is 2.44. The predicted molar refractivity (Wildman–Crippen MR) is 97.9 cm³/mol. The highest BCUT2D eigenvalue weighted by atomic mass is 35.5. The first-order valence-corrected chi connectivity index (χ1v) is 8.82. The molecular formula is C19H17ClF3N3O2. The summed E-state index contributed by atoms with van der Waals surface area (Å²) in [6.45, 7) is 1.91. The number of aryl methyl sites for hydroxylation is 1. The molecule has 1 N–H and O–H groups in total.